The van der Waals surface area contributed by atoms with Crippen molar-refractivity contribution in [1.29, 1.82) is 0 Å². The minimum atomic E-state index is -3.05. The molecule has 152 valence electrons. The SMILES string of the molecule is CC1(C)OB(c2ccc3c(c2)Oc2ccccc2P3(=O)c2ccccc2)OC1(C)C. The molecule has 1 unspecified atom stereocenters. The Labute approximate surface area is 177 Å². The monoisotopic (exact) mass is 418 g/mol. The third-order valence-electron chi connectivity index (χ3n) is 6.39. The van der Waals surface area contributed by atoms with Gasteiger partial charge in [0.15, 0.2) is 7.14 Å². The first-order chi connectivity index (χ1) is 14.2. The summed E-state index contributed by atoms with van der Waals surface area (Å²) in [7, 11) is -3.56. The average Bonchev–Trinajstić information content (AvgIpc) is 2.95. The van der Waals surface area contributed by atoms with Gasteiger partial charge in [-0.25, -0.2) is 0 Å². The number of rotatable bonds is 2. The summed E-state index contributed by atoms with van der Waals surface area (Å²) in [6, 6.07) is 22.9. The zero-order valence-electron chi connectivity index (χ0n) is 17.6. The molecule has 3 aromatic rings. The van der Waals surface area contributed by atoms with Crippen molar-refractivity contribution in [1.82, 2.24) is 0 Å². The zero-order chi connectivity index (χ0) is 21.1. The van der Waals surface area contributed by atoms with Crippen molar-refractivity contribution in [2.75, 3.05) is 0 Å². The lowest BCUT2D eigenvalue weighted by Crippen LogP contribution is -2.41. The molecule has 0 aliphatic carbocycles. The second-order valence-corrected chi connectivity index (χ2v) is 11.5. The number of para-hydroxylation sites is 1. The molecule has 2 aliphatic rings. The smallest absolute Gasteiger partial charge is 0.456 e. The predicted molar refractivity (Wildman–Crippen MR) is 122 cm³/mol. The standard InChI is InChI=1S/C24H24BO4P/c1-23(2)24(3,4)29-25(28-23)17-14-15-22-20(16-17)27-19-12-8-9-13-21(19)30(22,26)18-10-6-5-7-11-18/h5-16H,1-4H3. The highest BCUT2D eigenvalue weighted by molar-refractivity contribution is 7.85. The highest BCUT2D eigenvalue weighted by Gasteiger charge is 2.52. The van der Waals surface area contributed by atoms with Crippen LogP contribution in [0.25, 0.3) is 0 Å². The van der Waals surface area contributed by atoms with Crippen LogP contribution in [0, 0.1) is 0 Å². The molecular formula is C24H24BO4P. The molecule has 0 radical (unpaired) electrons. The molecule has 1 atom stereocenters. The lowest BCUT2D eigenvalue weighted by atomic mass is 9.79. The first-order valence-electron chi connectivity index (χ1n) is 10.2. The van der Waals surface area contributed by atoms with E-state index in [1.54, 1.807) is 0 Å². The van der Waals surface area contributed by atoms with Crippen LogP contribution in [0.1, 0.15) is 27.7 Å². The van der Waals surface area contributed by atoms with Gasteiger partial charge in [0.05, 0.1) is 21.8 Å². The Balaban J connectivity index is 1.65. The van der Waals surface area contributed by atoms with Crippen LogP contribution in [0.15, 0.2) is 72.8 Å². The van der Waals surface area contributed by atoms with Crippen LogP contribution >= 0.6 is 7.14 Å². The molecule has 2 aliphatic heterocycles. The Kier molecular flexibility index (Phi) is 4.31. The molecule has 0 aromatic heterocycles. The Hall–Kier alpha value is -2.33. The van der Waals surface area contributed by atoms with Crippen molar-refractivity contribution in [2.24, 2.45) is 0 Å². The number of ether oxygens (including phenoxy) is 1. The fourth-order valence-corrected chi connectivity index (χ4v) is 6.81. The average molecular weight is 418 g/mol. The van der Waals surface area contributed by atoms with Crippen molar-refractivity contribution in [3.8, 4) is 11.5 Å². The summed E-state index contributed by atoms with van der Waals surface area (Å²) in [6.45, 7) is 8.12. The first kappa shape index (κ1) is 19.6. The molecular weight excluding hydrogens is 394 g/mol. The maximum absolute atomic E-state index is 14.6. The van der Waals surface area contributed by atoms with Gasteiger partial charge in [-0.3, -0.25) is 0 Å². The molecule has 3 aromatic carbocycles. The Morgan fingerprint density at radius 2 is 1.33 bits per heavy atom. The molecule has 6 heteroatoms. The fourth-order valence-electron chi connectivity index (χ4n) is 3.97. The molecule has 0 N–H and O–H groups in total. The largest absolute Gasteiger partial charge is 0.494 e. The minimum Gasteiger partial charge on any atom is -0.456 e. The van der Waals surface area contributed by atoms with E-state index in [0.29, 0.717) is 16.8 Å². The van der Waals surface area contributed by atoms with E-state index >= 15 is 0 Å². The molecule has 30 heavy (non-hydrogen) atoms. The van der Waals surface area contributed by atoms with Gasteiger partial charge in [0.2, 0.25) is 0 Å². The van der Waals surface area contributed by atoms with Gasteiger partial charge in [0.25, 0.3) is 0 Å². The molecule has 0 spiro atoms. The number of fused-ring (bicyclic) bond motifs is 2. The molecule has 1 saturated heterocycles. The number of hydrogen-bond donors (Lipinski definition) is 0. The van der Waals surface area contributed by atoms with Crippen molar-refractivity contribution in [3.63, 3.8) is 0 Å². The Morgan fingerprint density at radius 1 is 0.733 bits per heavy atom. The predicted octanol–water partition coefficient (Wildman–Crippen LogP) is 3.73. The van der Waals surface area contributed by atoms with E-state index in [4.69, 9.17) is 14.0 Å². The van der Waals surface area contributed by atoms with Crippen molar-refractivity contribution >= 4 is 35.6 Å². The highest BCUT2D eigenvalue weighted by atomic mass is 31.2. The third-order valence-corrected chi connectivity index (χ3v) is 9.51. The number of hydrogen-bond acceptors (Lipinski definition) is 4. The van der Waals surface area contributed by atoms with Gasteiger partial charge in [-0.2, -0.15) is 0 Å². The first-order valence-corrected chi connectivity index (χ1v) is 11.9. The summed E-state index contributed by atoms with van der Waals surface area (Å²) in [5.74, 6) is 1.22. The van der Waals surface area contributed by atoms with E-state index in [1.165, 1.54) is 0 Å². The highest BCUT2D eigenvalue weighted by Crippen LogP contribution is 2.51. The zero-order valence-corrected chi connectivity index (χ0v) is 18.5. The Bertz CT molecular complexity index is 1160. The van der Waals surface area contributed by atoms with E-state index < -0.39 is 25.5 Å². The van der Waals surface area contributed by atoms with E-state index in [1.807, 2.05) is 100 Å². The van der Waals surface area contributed by atoms with Crippen LogP contribution in [0.5, 0.6) is 11.5 Å². The summed E-state index contributed by atoms with van der Waals surface area (Å²) in [5.41, 5.74) is -0.00726. The Morgan fingerprint density at radius 3 is 2.03 bits per heavy atom. The second kappa shape index (κ2) is 6.59. The van der Waals surface area contributed by atoms with Gasteiger partial charge in [-0.05, 0) is 57.4 Å². The molecule has 0 saturated carbocycles. The van der Waals surface area contributed by atoms with Crippen LogP contribution < -0.4 is 26.1 Å². The van der Waals surface area contributed by atoms with E-state index in [9.17, 15) is 4.57 Å². The molecule has 5 rings (SSSR count). The fraction of sp³-hybridized carbons (Fsp3) is 0.250. The van der Waals surface area contributed by atoms with Gasteiger partial charge in [0, 0.05) is 5.30 Å². The quantitative estimate of drug-likeness (QED) is 0.368. The van der Waals surface area contributed by atoms with E-state index in [0.717, 1.165) is 16.1 Å². The maximum atomic E-state index is 14.6. The lowest BCUT2D eigenvalue weighted by Gasteiger charge is -2.32. The van der Waals surface area contributed by atoms with Gasteiger partial charge >= 0.3 is 7.12 Å². The van der Waals surface area contributed by atoms with Gasteiger partial charge in [0.1, 0.15) is 11.5 Å². The van der Waals surface area contributed by atoms with Crippen molar-refractivity contribution < 1.29 is 18.6 Å². The molecule has 1 fully saturated rings. The molecule has 0 bridgehead atoms. The summed E-state index contributed by atoms with van der Waals surface area (Å²) in [4.78, 5) is 0. The minimum absolute atomic E-state index is 0.430. The van der Waals surface area contributed by atoms with Gasteiger partial charge in [-0.15, -0.1) is 0 Å². The van der Waals surface area contributed by atoms with Crippen molar-refractivity contribution in [3.05, 3.63) is 72.8 Å². The maximum Gasteiger partial charge on any atom is 0.494 e. The van der Waals surface area contributed by atoms with Crippen LogP contribution in [-0.2, 0) is 13.9 Å². The van der Waals surface area contributed by atoms with Crippen LogP contribution in [0.3, 0.4) is 0 Å². The van der Waals surface area contributed by atoms with Crippen molar-refractivity contribution in [2.45, 2.75) is 38.9 Å². The number of benzene rings is 3. The topological polar surface area (TPSA) is 44.8 Å². The van der Waals surface area contributed by atoms with Crippen LogP contribution in [0.2, 0.25) is 0 Å². The second-order valence-electron chi connectivity index (χ2n) is 8.83. The molecule has 0 amide bonds. The van der Waals surface area contributed by atoms with Gasteiger partial charge < -0.3 is 18.6 Å². The summed E-state index contributed by atoms with van der Waals surface area (Å²) < 4.78 is 33.2. The summed E-state index contributed by atoms with van der Waals surface area (Å²) >= 11 is 0. The normalized spacial score (nSPS) is 23.4. The molecule has 4 nitrogen and oxygen atoms in total. The lowest BCUT2D eigenvalue weighted by molar-refractivity contribution is 0.00578. The van der Waals surface area contributed by atoms with Crippen LogP contribution in [0.4, 0.5) is 0 Å². The van der Waals surface area contributed by atoms with E-state index in [2.05, 4.69) is 0 Å². The van der Waals surface area contributed by atoms with E-state index in [-0.39, 0.29) is 0 Å². The third kappa shape index (κ3) is 2.80. The van der Waals surface area contributed by atoms with Crippen LogP contribution in [-0.4, -0.2) is 18.3 Å². The molecule has 2 heterocycles. The summed E-state index contributed by atoms with van der Waals surface area (Å²) in [6.07, 6.45) is 0. The van der Waals surface area contributed by atoms with Gasteiger partial charge in [-0.1, -0.05) is 48.5 Å². The summed E-state index contributed by atoms with van der Waals surface area (Å²) in [5, 5.41) is 2.23.